The van der Waals surface area contributed by atoms with E-state index in [2.05, 4.69) is 18.6 Å². The lowest BCUT2D eigenvalue weighted by atomic mass is 9.77. The first-order valence-electron chi connectivity index (χ1n) is 5.99. The summed E-state index contributed by atoms with van der Waals surface area (Å²) in [5.41, 5.74) is 1.23. The molecule has 1 aromatic carbocycles. The van der Waals surface area contributed by atoms with Crippen LogP contribution in [0.4, 0.5) is 0 Å². The molecule has 1 aliphatic rings. The summed E-state index contributed by atoms with van der Waals surface area (Å²) in [6.45, 7) is 2.20. The van der Waals surface area contributed by atoms with Crippen LogP contribution in [-0.4, -0.2) is 13.4 Å². The Morgan fingerprint density at radius 2 is 1.94 bits per heavy atom. The van der Waals surface area contributed by atoms with E-state index in [1.165, 1.54) is 18.3 Å². The third-order valence-corrected chi connectivity index (χ3v) is 3.25. The van der Waals surface area contributed by atoms with Gasteiger partial charge in [0, 0.05) is 0 Å². The van der Waals surface area contributed by atoms with Crippen molar-refractivity contribution in [3.8, 4) is 11.5 Å². The van der Waals surface area contributed by atoms with Crippen molar-refractivity contribution in [2.75, 3.05) is 6.26 Å². The van der Waals surface area contributed by atoms with Gasteiger partial charge in [-0.2, -0.15) is 0 Å². The zero-order chi connectivity index (χ0) is 12.1. The zero-order valence-electron chi connectivity index (χ0n) is 10.3. The monoisotopic (exact) mass is 248 g/mol. The molecule has 2 rings (SSSR count). The Bertz CT molecular complexity index is 381. The standard InChI is InChI=1S/C13H17BO2S/c1-3-4-7-11(10-17-2)14-15-12-8-5-6-9-13(12)16-14/h5-6,8-10H,3-4,7H2,1-2H3/b11-10+. The van der Waals surface area contributed by atoms with Gasteiger partial charge in [-0.05, 0) is 35.7 Å². The van der Waals surface area contributed by atoms with Crippen molar-refractivity contribution in [2.24, 2.45) is 0 Å². The van der Waals surface area contributed by atoms with Gasteiger partial charge in [0.15, 0.2) is 0 Å². The molecule has 0 N–H and O–H groups in total. The predicted molar refractivity (Wildman–Crippen MR) is 74.6 cm³/mol. The van der Waals surface area contributed by atoms with Gasteiger partial charge in [-0.25, -0.2) is 0 Å². The molecule has 17 heavy (non-hydrogen) atoms. The highest BCUT2D eigenvalue weighted by Gasteiger charge is 2.35. The Hall–Kier alpha value is -1.03. The van der Waals surface area contributed by atoms with Crippen LogP contribution in [0.5, 0.6) is 11.5 Å². The van der Waals surface area contributed by atoms with Crippen molar-refractivity contribution in [2.45, 2.75) is 26.2 Å². The van der Waals surface area contributed by atoms with Crippen molar-refractivity contribution in [1.29, 1.82) is 0 Å². The van der Waals surface area contributed by atoms with E-state index in [9.17, 15) is 0 Å². The first kappa shape index (κ1) is 12.4. The summed E-state index contributed by atoms with van der Waals surface area (Å²) in [5.74, 6) is 1.70. The summed E-state index contributed by atoms with van der Waals surface area (Å²) in [7, 11) is -0.230. The fourth-order valence-corrected chi connectivity index (χ4v) is 2.35. The third-order valence-electron chi connectivity index (χ3n) is 2.71. The van der Waals surface area contributed by atoms with Crippen molar-refractivity contribution in [1.82, 2.24) is 0 Å². The largest absolute Gasteiger partial charge is 0.629 e. The van der Waals surface area contributed by atoms with Crippen LogP contribution in [0.2, 0.25) is 0 Å². The molecular weight excluding hydrogens is 231 g/mol. The predicted octanol–water partition coefficient (Wildman–Crippen LogP) is 3.92. The number of allylic oxidation sites excluding steroid dienone is 1. The molecule has 0 saturated heterocycles. The Labute approximate surface area is 108 Å². The molecule has 0 aromatic heterocycles. The first-order chi connectivity index (χ1) is 8.35. The van der Waals surface area contributed by atoms with Gasteiger partial charge in [-0.15, -0.1) is 11.8 Å². The quantitative estimate of drug-likeness (QED) is 0.736. The number of para-hydroxylation sites is 2. The second-order valence-electron chi connectivity index (χ2n) is 4.05. The smallest absolute Gasteiger partial charge is 0.519 e. The highest BCUT2D eigenvalue weighted by molar-refractivity contribution is 8.01. The molecule has 1 heterocycles. The average molecular weight is 248 g/mol. The molecule has 0 spiro atoms. The average Bonchev–Trinajstić information content (AvgIpc) is 2.78. The Morgan fingerprint density at radius 3 is 2.47 bits per heavy atom. The molecule has 1 aromatic rings. The second kappa shape index (κ2) is 6.06. The van der Waals surface area contributed by atoms with Crippen LogP contribution >= 0.6 is 11.8 Å². The van der Waals surface area contributed by atoms with Gasteiger partial charge in [-0.1, -0.05) is 31.9 Å². The first-order valence-corrected chi connectivity index (χ1v) is 7.28. The van der Waals surface area contributed by atoms with E-state index in [1.807, 2.05) is 24.3 Å². The molecular formula is C13H17BO2S. The zero-order valence-corrected chi connectivity index (χ0v) is 11.1. The summed E-state index contributed by atoms with van der Waals surface area (Å²) in [6, 6.07) is 7.83. The van der Waals surface area contributed by atoms with E-state index in [1.54, 1.807) is 11.8 Å². The summed E-state index contributed by atoms with van der Waals surface area (Å²) in [6.07, 6.45) is 5.46. The van der Waals surface area contributed by atoms with Crippen LogP contribution < -0.4 is 9.31 Å². The molecule has 0 aliphatic carbocycles. The van der Waals surface area contributed by atoms with Crippen LogP contribution in [0.1, 0.15) is 26.2 Å². The highest BCUT2D eigenvalue weighted by Crippen LogP contribution is 2.35. The van der Waals surface area contributed by atoms with E-state index in [-0.39, 0.29) is 7.12 Å². The lowest BCUT2D eigenvalue weighted by molar-refractivity contribution is 0.507. The topological polar surface area (TPSA) is 18.5 Å². The normalized spacial score (nSPS) is 14.2. The minimum Gasteiger partial charge on any atom is -0.519 e. The summed E-state index contributed by atoms with van der Waals surface area (Å²) in [4.78, 5) is 0. The number of unbranched alkanes of at least 4 members (excludes halogenated alkanes) is 1. The van der Waals surface area contributed by atoms with Crippen LogP contribution in [-0.2, 0) is 0 Å². The molecule has 2 nitrogen and oxygen atoms in total. The minimum absolute atomic E-state index is 0.230. The lowest BCUT2D eigenvalue weighted by Gasteiger charge is -2.08. The minimum atomic E-state index is -0.230. The molecule has 0 bridgehead atoms. The highest BCUT2D eigenvalue weighted by atomic mass is 32.2. The van der Waals surface area contributed by atoms with Crippen LogP contribution in [0.3, 0.4) is 0 Å². The number of rotatable bonds is 5. The van der Waals surface area contributed by atoms with Gasteiger partial charge < -0.3 is 9.31 Å². The lowest BCUT2D eigenvalue weighted by Crippen LogP contribution is -2.27. The molecule has 1 aliphatic heterocycles. The van der Waals surface area contributed by atoms with Crippen molar-refractivity contribution in [3.63, 3.8) is 0 Å². The third kappa shape index (κ3) is 3.00. The molecule has 4 heteroatoms. The van der Waals surface area contributed by atoms with E-state index in [4.69, 9.17) is 9.31 Å². The molecule has 0 radical (unpaired) electrons. The number of fused-ring (bicyclic) bond motifs is 1. The number of benzene rings is 1. The van der Waals surface area contributed by atoms with Crippen molar-refractivity contribution < 1.29 is 9.31 Å². The number of hydrogen-bond acceptors (Lipinski definition) is 3. The van der Waals surface area contributed by atoms with Crippen molar-refractivity contribution >= 4 is 18.9 Å². The van der Waals surface area contributed by atoms with Gasteiger partial charge in [0.2, 0.25) is 0 Å². The molecule has 0 unspecified atom stereocenters. The molecule has 0 atom stereocenters. The van der Waals surface area contributed by atoms with Crippen LogP contribution in [0, 0.1) is 0 Å². The fraction of sp³-hybridized carbons (Fsp3) is 0.385. The fourth-order valence-electron chi connectivity index (χ4n) is 1.82. The Morgan fingerprint density at radius 1 is 1.29 bits per heavy atom. The Kier molecular flexibility index (Phi) is 4.43. The Balaban J connectivity index is 2.06. The number of thioether (sulfide) groups is 1. The van der Waals surface area contributed by atoms with E-state index in [0.29, 0.717) is 0 Å². The second-order valence-corrected chi connectivity index (χ2v) is 4.75. The van der Waals surface area contributed by atoms with Gasteiger partial charge in [0.25, 0.3) is 0 Å². The van der Waals surface area contributed by atoms with Gasteiger partial charge in [-0.3, -0.25) is 0 Å². The van der Waals surface area contributed by atoms with E-state index < -0.39 is 0 Å². The molecule has 90 valence electrons. The summed E-state index contributed by atoms with van der Waals surface area (Å²) >= 11 is 1.70. The summed E-state index contributed by atoms with van der Waals surface area (Å²) in [5, 5.41) is 2.15. The molecule has 0 saturated carbocycles. The van der Waals surface area contributed by atoms with Crippen molar-refractivity contribution in [3.05, 3.63) is 35.1 Å². The van der Waals surface area contributed by atoms with Gasteiger partial charge in [0.05, 0.1) is 0 Å². The van der Waals surface area contributed by atoms with Gasteiger partial charge in [0.1, 0.15) is 11.5 Å². The SMILES string of the molecule is CCCC/C(=C\SC)B1Oc2ccccc2O1. The molecule has 0 fully saturated rings. The van der Waals surface area contributed by atoms with Crippen LogP contribution in [0.25, 0.3) is 0 Å². The maximum absolute atomic E-state index is 5.81. The van der Waals surface area contributed by atoms with E-state index >= 15 is 0 Å². The maximum atomic E-state index is 5.81. The molecule has 0 amide bonds. The van der Waals surface area contributed by atoms with Gasteiger partial charge >= 0.3 is 7.12 Å². The van der Waals surface area contributed by atoms with E-state index in [0.717, 1.165) is 17.9 Å². The van der Waals surface area contributed by atoms with Crippen LogP contribution in [0.15, 0.2) is 35.1 Å². The maximum Gasteiger partial charge on any atom is 0.629 e. The number of hydrogen-bond donors (Lipinski definition) is 0. The summed E-state index contributed by atoms with van der Waals surface area (Å²) < 4.78 is 11.6.